The summed E-state index contributed by atoms with van der Waals surface area (Å²) in [4.78, 5) is 0. The van der Waals surface area contributed by atoms with Gasteiger partial charge in [0, 0.05) is 6.42 Å². The van der Waals surface area contributed by atoms with Gasteiger partial charge in [-0.3, -0.25) is 0 Å². The maximum Gasteiger partial charge on any atom is 0.125 e. The lowest BCUT2D eigenvalue weighted by molar-refractivity contribution is 0.275. The number of aliphatic hydroxyl groups is 1. The molecule has 0 aliphatic rings. The van der Waals surface area contributed by atoms with Crippen LogP contribution < -0.4 is 0 Å². The lowest BCUT2D eigenvalue weighted by Crippen LogP contribution is -2.05. The maximum atomic E-state index is 13.4. The molecule has 4 nitrogen and oxygen atoms in total. The molecule has 0 saturated carbocycles. The second-order valence-corrected chi connectivity index (χ2v) is 4.84. The molecule has 0 amide bonds. The average molecular weight is 301 g/mol. The van der Waals surface area contributed by atoms with Gasteiger partial charge in [-0.25, -0.2) is 13.5 Å². The lowest BCUT2D eigenvalue weighted by Gasteiger charge is -2.08. The maximum absolute atomic E-state index is 13.4. The highest BCUT2D eigenvalue weighted by atomic mass is 19.1. The summed E-state index contributed by atoms with van der Waals surface area (Å²) in [7, 11) is 0. The van der Waals surface area contributed by atoms with Crippen molar-refractivity contribution in [3.8, 4) is 5.69 Å². The van der Waals surface area contributed by atoms with Crippen LogP contribution in [0.3, 0.4) is 0 Å². The van der Waals surface area contributed by atoms with Crippen molar-refractivity contribution in [3.63, 3.8) is 0 Å². The molecule has 0 atom stereocenters. The molecule has 3 rings (SSSR count). The van der Waals surface area contributed by atoms with Crippen LogP contribution >= 0.6 is 0 Å². The summed E-state index contributed by atoms with van der Waals surface area (Å²) in [5.74, 6) is -0.700. The van der Waals surface area contributed by atoms with Gasteiger partial charge < -0.3 is 5.11 Å². The Kier molecular flexibility index (Phi) is 3.93. The third-order valence-corrected chi connectivity index (χ3v) is 3.33. The van der Waals surface area contributed by atoms with E-state index < -0.39 is 0 Å². The first-order valence-corrected chi connectivity index (χ1v) is 6.72. The molecule has 6 heteroatoms. The van der Waals surface area contributed by atoms with Gasteiger partial charge in [0.1, 0.15) is 17.3 Å². The Bertz CT molecular complexity index is 784. The molecule has 3 aromatic rings. The summed E-state index contributed by atoms with van der Waals surface area (Å²) in [5, 5.41) is 17.3. The summed E-state index contributed by atoms with van der Waals surface area (Å²) in [5.41, 5.74) is 2.41. The van der Waals surface area contributed by atoms with E-state index in [1.165, 1.54) is 28.9 Å². The van der Waals surface area contributed by atoms with Gasteiger partial charge in [0.05, 0.1) is 18.0 Å². The third-order valence-electron chi connectivity index (χ3n) is 3.33. The van der Waals surface area contributed by atoms with E-state index in [4.69, 9.17) is 0 Å². The summed E-state index contributed by atoms with van der Waals surface area (Å²) in [6.07, 6.45) is 0.402. The molecule has 0 aliphatic carbocycles. The van der Waals surface area contributed by atoms with Crippen molar-refractivity contribution in [2.24, 2.45) is 0 Å². The summed E-state index contributed by atoms with van der Waals surface area (Å²) in [6.45, 7) is -0.272. The largest absolute Gasteiger partial charge is 0.390 e. The third kappa shape index (κ3) is 2.87. The minimum atomic E-state index is -0.383. The minimum Gasteiger partial charge on any atom is -0.390 e. The van der Waals surface area contributed by atoms with E-state index in [0.29, 0.717) is 23.5 Å². The second kappa shape index (κ2) is 6.03. The van der Waals surface area contributed by atoms with Gasteiger partial charge in [0.2, 0.25) is 0 Å². The minimum absolute atomic E-state index is 0.272. The number of aromatic nitrogens is 3. The van der Waals surface area contributed by atoms with Crippen LogP contribution in [0.2, 0.25) is 0 Å². The van der Waals surface area contributed by atoms with E-state index in [0.717, 1.165) is 5.56 Å². The zero-order valence-corrected chi connectivity index (χ0v) is 11.6. The predicted molar refractivity (Wildman–Crippen MR) is 76.4 cm³/mol. The molecule has 1 heterocycles. The van der Waals surface area contributed by atoms with Gasteiger partial charge in [-0.2, -0.15) is 0 Å². The first-order valence-electron chi connectivity index (χ1n) is 6.72. The van der Waals surface area contributed by atoms with E-state index in [1.54, 1.807) is 24.3 Å². The summed E-state index contributed by atoms with van der Waals surface area (Å²) in [6, 6.07) is 12.0. The highest BCUT2D eigenvalue weighted by molar-refractivity contribution is 5.35. The molecule has 0 saturated heterocycles. The molecule has 0 bridgehead atoms. The number of aliphatic hydroxyl groups excluding tert-OH is 1. The molecule has 0 unspecified atom stereocenters. The van der Waals surface area contributed by atoms with Crippen LogP contribution in [0.25, 0.3) is 5.69 Å². The van der Waals surface area contributed by atoms with E-state index in [1.807, 2.05) is 0 Å². The summed E-state index contributed by atoms with van der Waals surface area (Å²) < 4.78 is 27.9. The average Bonchev–Trinajstić information content (AvgIpc) is 2.92. The van der Waals surface area contributed by atoms with Crippen LogP contribution in [-0.4, -0.2) is 20.1 Å². The molecule has 22 heavy (non-hydrogen) atoms. The van der Waals surface area contributed by atoms with Crippen molar-refractivity contribution in [2.75, 3.05) is 0 Å². The Hall–Kier alpha value is -2.60. The quantitative estimate of drug-likeness (QED) is 0.806. The van der Waals surface area contributed by atoms with Gasteiger partial charge in [0.25, 0.3) is 0 Å². The van der Waals surface area contributed by atoms with E-state index in [9.17, 15) is 13.9 Å². The Morgan fingerprint density at radius 3 is 2.45 bits per heavy atom. The van der Waals surface area contributed by atoms with Crippen molar-refractivity contribution in [3.05, 3.63) is 77.1 Å². The zero-order chi connectivity index (χ0) is 15.5. The number of hydrogen-bond donors (Lipinski definition) is 1. The van der Waals surface area contributed by atoms with E-state index in [2.05, 4.69) is 10.3 Å². The first kappa shape index (κ1) is 14.3. The summed E-state index contributed by atoms with van der Waals surface area (Å²) >= 11 is 0. The number of rotatable bonds is 4. The fourth-order valence-electron chi connectivity index (χ4n) is 2.24. The highest BCUT2D eigenvalue weighted by Gasteiger charge is 2.14. The van der Waals surface area contributed by atoms with Gasteiger partial charge in [-0.05, 0) is 35.9 Å². The van der Waals surface area contributed by atoms with Gasteiger partial charge in [0.15, 0.2) is 0 Å². The second-order valence-electron chi connectivity index (χ2n) is 4.84. The fourth-order valence-corrected chi connectivity index (χ4v) is 2.24. The normalized spacial score (nSPS) is 10.9. The van der Waals surface area contributed by atoms with E-state index in [-0.39, 0.29) is 18.2 Å². The molecule has 1 N–H and O–H groups in total. The van der Waals surface area contributed by atoms with Crippen LogP contribution in [0, 0.1) is 11.6 Å². The van der Waals surface area contributed by atoms with Crippen LogP contribution in [0.1, 0.15) is 17.0 Å². The number of benzene rings is 2. The van der Waals surface area contributed by atoms with Crippen LogP contribution in [0.4, 0.5) is 8.78 Å². The number of halogens is 2. The molecular weight excluding hydrogens is 288 g/mol. The fraction of sp³-hybridized carbons (Fsp3) is 0.125. The monoisotopic (exact) mass is 301 g/mol. The van der Waals surface area contributed by atoms with Crippen molar-refractivity contribution in [1.82, 2.24) is 15.0 Å². The Labute approximate surface area is 125 Å². The number of hydrogen-bond acceptors (Lipinski definition) is 3. The Morgan fingerprint density at radius 1 is 1.00 bits per heavy atom. The Balaban J connectivity index is 2.02. The first-order chi connectivity index (χ1) is 10.7. The van der Waals surface area contributed by atoms with Crippen LogP contribution in [0.5, 0.6) is 0 Å². The van der Waals surface area contributed by atoms with Crippen molar-refractivity contribution in [2.45, 2.75) is 13.0 Å². The highest BCUT2D eigenvalue weighted by Crippen LogP contribution is 2.18. The van der Waals surface area contributed by atoms with Crippen LogP contribution in [0.15, 0.2) is 48.5 Å². The molecule has 0 radical (unpaired) electrons. The standard InChI is InChI=1S/C16H13F2N3O/c17-12-6-4-11(5-7-12)8-16-15(10-22)19-20-21(16)14-3-1-2-13(18)9-14/h1-7,9,22H,8,10H2. The van der Waals surface area contributed by atoms with E-state index >= 15 is 0 Å². The molecule has 1 aromatic heterocycles. The molecule has 0 aliphatic heterocycles. The number of nitrogens with zero attached hydrogens (tertiary/aromatic N) is 3. The van der Waals surface area contributed by atoms with Gasteiger partial charge in [-0.15, -0.1) is 5.10 Å². The SMILES string of the molecule is OCc1nnn(-c2cccc(F)c2)c1Cc1ccc(F)cc1. The Morgan fingerprint density at radius 2 is 1.77 bits per heavy atom. The predicted octanol–water partition coefficient (Wildman–Crippen LogP) is 2.63. The molecule has 2 aromatic carbocycles. The lowest BCUT2D eigenvalue weighted by atomic mass is 10.1. The van der Waals surface area contributed by atoms with Crippen molar-refractivity contribution >= 4 is 0 Å². The van der Waals surface area contributed by atoms with Crippen molar-refractivity contribution in [1.29, 1.82) is 0 Å². The smallest absolute Gasteiger partial charge is 0.125 e. The van der Waals surface area contributed by atoms with Gasteiger partial charge >= 0.3 is 0 Å². The molecule has 112 valence electrons. The van der Waals surface area contributed by atoms with Crippen LogP contribution in [-0.2, 0) is 13.0 Å². The van der Waals surface area contributed by atoms with Gasteiger partial charge in [-0.1, -0.05) is 23.4 Å². The molecular formula is C16H13F2N3O. The molecule has 0 spiro atoms. The zero-order valence-electron chi connectivity index (χ0n) is 11.6. The topological polar surface area (TPSA) is 50.9 Å². The molecule has 0 fully saturated rings. The van der Waals surface area contributed by atoms with Crippen molar-refractivity contribution < 1.29 is 13.9 Å².